The largest absolute Gasteiger partial charge is 0.439 e. The van der Waals surface area contributed by atoms with Crippen LogP contribution >= 0.6 is 0 Å². The van der Waals surface area contributed by atoms with E-state index in [4.69, 9.17) is 4.42 Å². The smallest absolute Gasteiger partial charge is 0.223 e. The maximum atomic E-state index is 12.6. The van der Waals surface area contributed by atoms with E-state index in [1.807, 2.05) is 30.5 Å². The highest BCUT2D eigenvalue weighted by molar-refractivity contribution is 5.80. The SMILES string of the molecule is O=C(NCc1nc2ccccc2o1)C1CCN(Cc2ccc3[nH]ccc3c2)CC1. The number of carbonyl (C=O) groups excluding carboxylic acids is 1. The minimum Gasteiger partial charge on any atom is -0.439 e. The molecule has 29 heavy (non-hydrogen) atoms. The first-order valence-corrected chi connectivity index (χ1v) is 10.2. The summed E-state index contributed by atoms with van der Waals surface area (Å²) in [5.41, 5.74) is 4.06. The molecule has 5 rings (SSSR count). The van der Waals surface area contributed by atoms with E-state index in [-0.39, 0.29) is 11.8 Å². The predicted molar refractivity (Wildman–Crippen MR) is 112 cm³/mol. The summed E-state index contributed by atoms with van der Waals surface area (Å²) >= 11 is 0. The normalized spacial score (nSPS) is 15.9. The van der Waals surface area contributed by atoms with Crippen molar-refractivity contribution in [3.05, 3.63) is 66.2 Å². The quantitative estimate of drug-likeness (QED) is 0.545. The first-order chi connectivity index (χ1) is 14.2. The van der Waals surface area contributed by atoms with Crippen LogP contribution in [0, 0.1) is 5.92 Å². The van der Waals surface area contributed by atoms with Crippen LogP contribution in [0.4, 0.5) is 0 Å². The van der Waals surface area contributed by atoms with Gasteiger partial charge in [0, 0.05) is 24.2 Å². The molecule has 1 aliphatic heterocycles. The summed E-state index contributed by atoms with van der Waals surface area (Å²) < 4.78 is 5.68. The van der Waals surface area contributed by atoms with Gasteiger partial charge in [-0.05, 0) is 67.2 Å². The standard InChI is InChI=1S/C23H24N4O2/c28-23(25-14-22-26-20-3-1-2-4-21(20)29-22)17-8-11-27(12-9-17)15-16-5-6-19-18(13-16)7-10-24-19/h1-7,10,13,17,24H,8-9,11-12,14-15H2,(H,25,28). The molecule has 0 unspecified atom stereocenters. The number of carbonyl (C=O) groups is 1. The van der Waals surface area contributed by atoms with E-state index < -0.39 is 0 Å². The number of para-hydroxylation sites is 2. The van der Waals surface area contributed by atoms with Crippen LogP contribution in [0.25, 0.3) is 22.0 Å². The summed E-state index contributed by atoms with van der Waals surface area (Å²) in [5.74, 6) is 0.709. The second kappa shape index (κ2) is 7.72. The molecule has 3 heterocycles. The molecule has 4 aromatic rings. The number of aromatic nitrogens is 2. The van der Waals surface area contributed by atoms with Gasteiger partial charge in [-0.2, -0.15) is 0 Å². The Kier molecular flexibility index (Phi) is 4.77. The molecule has 2 N–H and O–H groups in total. The van der Waals surface area contributed by atoms with Crippen molar-refractivity contribution in [3.8, 4) is 0 Å². The lowest BCUT2D eigenvalue weighted by Gasteiger charge is -2.31. The number of likely N-dealkylation sites (tertiary alicyclic amines) is 1. The number of nitrogens with one attached hydrogen (secondary N) is 2. The molecule has 0 saturated carbocycles. The summed E-state index contributed by atoms with van der Waals surface area (Å²) in [6.45, 7) is 3.14. The van der Waals surface area contributed by atoms with E-state index in [2.05, 4.69) is 44.5 Å². The van der Waals surface area contributed by atoms with E-state index in [0.29, 0.717) is 12.4 Å². The number of H-pyrrole nitrogens is 1. The molecule has 6 heteroatoms. The average molecular weight is 388 g/mol. The Morgan fingerprint density at radius 3 is 2.90 bits per heavy atom. The van der Waals surface area contributed by atoms with Crippen LogP contribution in [0.15, 0.2) is 59.1 Å². The molecule has 148 valence electrons. The number of aromatic amines is 1. The van der Waals surface area contributed by atoms with Crippen molar-refractivity contribution < 1.29 is 9.21 Å². The van der Waals surface area contributed by atoms with E-state index in [1.54, 1.807) is 0 Å². The van der Waals surface area contributed by atoms with Crippen LogP contribution < -0.4 is 5.32 Å². The van der Waals surface area contributed by atoms with Crippen molar-refractivity contribution >= 4 is 27.9 Å². The molecule has 1 saturated heterocycles. The minimum atomic E-state index is 0.0581. The Balaban J connectivity index is 1.12. The fourth-order valence-corrected chi connectivity index (χ4v) is 4.12. The van der Waals surface area contributed by atoms with Crippen molar-refractivity contribution in [2.45, 2.75) is 25.9 Å². The lowest BCUT2D eigenvalue weighted by Crippen LogP contribution is -2.40. The van der Waals surface area contributed by atoms with E-state index in [9.17, 15) is 4.79 Å². The van der Waals surface area contributed by atoms with Crippen LogP contribution in [0.2, 0.25) is 0 Å². The monoisotopic (exact) mass is 388 g/mol. The number of rotatable bonds is 5. The fraction of sp³-hybridized carbons (Fsp3) is 0.304. The van der Waals surface area contributed by atoms with Gasteiger partial charge in [0.05, 0.1) is 6.54 Å². The van der Waals surface area contributed by atoms with Crippen LogP contribution in [0.3, 0.4) is 0 Å². The zero-order valence-corrected chi connectivity index (χ0v) is 16.2. The zero-order chi connectivity index (χ0) is 19.6. The molecular weight excluding hydrogens is 364 g/mol. The van der Waals surface area contributed by atoms with Gasteiger partial charge in [0.25, 0.3) is 0 Å². The number of piperidine rings is 1. The van der Waals surface area contributed by atoms with Crippen LogP contribution in [-0.2, 0) is 17.9 Å². The summed E-state index contributed by atoms with van der Waals surface area (Å²) in [6, 6.07) is 16.3. The molecule has 0 atom stereocenters. The highest BCUT2D eigenvalue weighted by atomic mass is 16.3. The molecule has 0 bridgehead atoms. The summed E-state index contributed by atoms with van der Waals surface area (Å²) in [7, 11) is 0. The number of oxazole rings is 1. The van der Waals surface area contributed by atoms with Gasteiger partial charge in [-0.25, -0.2) is 4.98 Å². The van der Waals surface area contributed by atoms with Crippen molar-refractivity contribution in [1.82, 2.24) is 20.2 Å². The topological polar surface area (TPSA) is 74.2 Å². The number of benzene rings is 2. The lowest BCUT2D eigenvalue weighted by atomic mass is 9.95. The van der Waals surface area contributed by atoms with Gasteiger partial charge in [0.1, 0.15) is 5.52 Å². The Bertz CT molecular complexity index is 1100. The van der Waals surface area contributed by atoms with Gasteiger partial charge in [0.15, 0.2) is 5.58 Å². The number of amides is 1. The Labute approximate surface area is 168 Å². The van der Waals surface area contributed by atoms with Gasteiger partial charge < -0.3 is 14.7 Å². The van der Waals surface area contributed by atoms with Crippen LogP contribution in [0.1, 0.15) is 24.3 Å². The van der Waals surface area contributed by atoms with Crippen LogP contribution in [-0.4, -0.2) is 33.9 Å². The lowest BCUT2D eigenvalue weighted by molar-refractivity contribution is -0.126. The third kappa shape index (κ3) is 3.89. The molecule has 0 spiro atoms. The summed E-state index contributed by atoms with van der Waals surface area (Å²) in [6.07, 6.45) is 3.73. The second-order valence-corrected chi connectivity index (χ2v) is 7.74. The van der Waals surface area contributed by atoms with Crippen molar-refractivity contribution in [2.75, 3.05) is 13.1 Å². The van der Waals surface area contributed by atoms with Gasteiger partial charge in [-0.1, -0.05) is 18.2 Å². The molecule has 1 amide bonds. The average Bonchev–Trinajstić information content (AvgIpc) is 3.38. The number of fused-ring (bicyclic) bond motifs is 2. The minimum absolute atomic E-state index is 0.0581. The second-order valence-electron chi connectivity index (χ2n) is 7.74. The molecule has 2 aromatic carbocycles. The van der Waals surface area contributed by atoms with Crippen molar-refractivity contribution in [2.24, 2.45) is 5.92 Å². The van der Waals surface area contributed by atoms with Gasteiger partial charge in [-0.3, -0.25) is 9.69 Å². The van der Waals surface area contributed by atoms with Gasteiger partial charge in [0.2, 0.25) is 11.8 Å². The summed E-state index contributed by atoms with van der Waals surface area (Å²) in [4.78, 5) is 22.6. The molecule has 6 nitrogen and oxygen atoms in total. The molecule has 0 aliphatic carbocycles. The van der Waals surface area contributed by atoms with E-state index >= 15 is 0 Å². The Hall–Kier alpha value is -3.12. The molecule has 1 aliphatic rings. The fourth-order valence-electron chi connectivity index (χ4n) is 4.12. The first-order valence-electron chi connectivity index (χ1n) is 10.2. The van der Waals surface area contributed by atoms with E-state index in [0.717, 1.165) is 43.6 Å². The Morgan fingerprint density at radius 1 is 1.17 bits per heavy atom. The highest BCUT2D eigenvalue weighted by Gasteiger charge is 2.25. The third-order valence-electron chi connectivity index (χ3n) is 5.73. The maximum Gasteiger partial charge on any atom is 0.223 e. The number of hydrogen-bond donors (Lipinski definition) is 2. The third-order valence-corrected chi connectivity index (χ3v) is 5.73. The Morgan fingerprint density at radius 2 is 2.03 bits per heavy atom. The van der Waals surface area contributed by atoms with Gasteiger partial charge in [-0.15, -0.1) is 0 Å². The van der Waals surface area contributed by atoms with E-state index in [1.165, 1.54) is 16.5 Å². The molecule has 1 fully saturated rings. The van der Waals surface area contributed by atoms with Crippen molar-refractivity contribution in [1.29, 1.82) is 0 Å². The highest BCUT2D eigenvalue weighted by Crippen LogP contribution is 2.21. The first kappa shape index (κ1) is 17.9. The zero-order valence-electron chi connectivity index (χ0n) is 16.2. The molecule has 0 radical (unpaired) electrons. The van der Waals surface area contributed by atoms with Crippen molar-refractivity contribution in [3.63, 3.8) is 0 Å². The predicted octanol–water partition coefficient (Wildman–Crippen LogP) is 3.84. The van der Waals surface area contributed by atoms with Crippen LogP contribution in [0.5, 0.6) is 0 Å². The van der Waals surface area contributed by atoms with Gasteiger partial charge >= 0.3 is 0 Å². The molecular formula is C23H24N4O2. The molecule has 2 aromatic heterocycles. The number of nitrogens with zero attached hydrogens (tertiary/aromatic N) is 2. The summed E-state index contributed by atoms with van der Waals surface area (Å²) in [5, 5.41) is 4.24. The number of hydrogen-bond acceptors (Lipinski definition) is 4. The maximum absolute atomic E-state index is 12.6.